The largest absolute Gasteiger partial charge is 0.354 e. The van der Waals surface area contributed by atoms with Crippen molar-refractivity contribution in [1.82, 2.24) is 9.97 Å². The summed E-state index contributed by atoms with van der Waals surface area (Å²) in [6, 6.07) is 0. The Labute approximate surface area is 97.9 Å². The number of halogens is 1. The standard InChI is InChI=1S/C10H14IN3/c1-2-7-3-8(7)4-12-10-13-5-9(11)6-14-10/h5-8H,2-4H2,1H3,(H,12,13,14). The van der Waals surface area contributed by atoms with E-state index in [1.54, 1.807) is 0 Å². The van der Waals surface area contributed by atoms with Gasteiger partial charge in [0, 0.05) is 22.5 Å². The third-order valence-corrected chi connectivity index (χ3v) is 3.29. The summed E-state index contributed by atoms with van der Waals surface area (Å²) in [6.45, 7) is 3.28. The van der Waals surface area contributed by atoms with Crippen molar-refractivity contribution in [3.8, 4) is 0 Å². The molecule has 2 unspecified atom stereocenters. The van der Waals surface area contributed by atoms with E-state index in [2.05, 4.69) is 44.8 Å². The second kappa shape index (κ2) is 4.42. The van der Waals surface area contributed by atoms with Gasteiger partial charge in [-0.05, 0) is 40.8 Å². The van der Waals surface area contributed by atoms with Crippen LogP contribution in [-0.2, 0) is 0 Å². The molecular formula is C10H14IN3. The third-order valence-electron chi connectivity index (χ3n) is 2.74. The van der Waals surface area contributed by atoms with E-state index >= 15 is 0 Å². The highest BCUT2D eigenvalue weighted by molar-refractivity contribution is 14.1. The fourth-order valence-electron chi connectivity index (χ4n) is 1.69. The van der Waals surface area contributed by atoms with Crippen molar-refractivity contribution in [3.63, 3.8) is 0 Å². The fraction of sp³-hybridized carbons (Fsp3) is 0.600. The lowest BCUT2D eigenvalue weighted by molar-refractivity contribution is 0.699. The van der Waals surface area contributed by atoms with Gasteiger partial charge < -0.3 is 5.32 Å². The van der Waals surface area contributed by atoms with E-state index in [-0.39, 0.29) is 0 Å². The van der Waals surface area contributed by atoms with Crippen LogP contribution in [0, 0.1) is 15.4 Å². The second-order valence-corrected chi connectivity index (χ2v) is 5.02. The number of anilines is 1. The number of rotatable bonds is 4. The molecule has 1 aliphatic rings. The molecule has 0 radical (unpaired) electrons. The minimum atomic E-state index is 0.757. The SMILES string of the molecule is CCC1CC1CNc1ncc(I)cn1. The molecule has 1 aromatic heterocycles. The Morgan fingerprint density at radius 2 is 2.14 bits per heavy atom. The van der Waals surface area contributed by atoms with E-state index in [9.17, 15) is 0 Å². The maximum absolute atomic E-state index is 4.20. The average molecular weight is 303 g/mol. The predicted molar refractivity (Wildman–Crippen MR) is 65.1 cm³/mol. The van der Waals surface area contributed by atoms with Crippen LogP contribution in [0.15, 0.2) is 12.4 Å². The molecule has 76 valence electrons. The Morgan fingerprint density at radius 3 is 2.71 bits per heavy atom. The van der Waals surface area contributed by atoms with Crippen LogP contribution in [0.3, 0.4) is 0 Å². The van der Waals surface area contributed by atoms with Gasteiger partial charge in [0.15, 0.2) is 0 Å². The summed E-state index contributed by atoms with van der Waals surface area (Å²) in [5, 5.41) is 3.27. The average Bonchev–Trinajstić information content (AvgIpc) is 2.96. The zero-order valence-corrected chi connectivity index (χ0v) is 10.4. The maximum atomic E-state index is 4.20. The Balaban J connectivity index is 1.78. The molecule has 4 heteroatoms. The number of aromatic nitrogens is 2. The van der Waals surface area contributed by atoms with Crippen LogP contribution in [0.4, 0.5) is 5.95 Å². The highest BCUT2D eigenvalue weighted by Crippen LogP contribution is 2.40. The van der Waals surface area contributed by atoms with Crippen molar-refractivity contribution in [1.29, 1.82) is 0 Å². The van der Waals surface area contributed by atoms with Crippen molar-refractivity contribution >= 4 is 28.5 Å². The molecule has 2 rings (SSSR count). The zero-order chi connectivity index (χ0) is 9.97. The highest BCUT2D eigenvalue weighted by atomic mass is 127. The summed E-state index contributed by atoms with van der Waals surface area (Å²) in [4.78, 5) is 8.40. The molecule has 3 nitrogen and oxygen atoms in total. The Hall–Kier alpha value is -0.390. The van der Waals surface area contributed by atoms with Crippen LogP contribution >= 0.6 is 22.6 Å². The molecular weight excluding hydrogens is 289 g/mol. The molecule has 1 aliphatic carbocycles. The second-order valence-electron chi connectivity index (χ2n) is 3.77. The van der Waals surface area contributed by atoms with E-state index in [4.69, 9.17) is 0 Å². The smallest absolute Gasteiger partial charge is 0.222 e. The van der Waals surface area contributed by atoms with Crippen molar-refractivity contribution < 1.29 is 0 Å². The van der Waals surface area contributed by atoms with Gasteiger partial charge in [0.25, 0.3) is 0 Å². The molecule has 14 heavy (non-hydrogen) atoms. The van der Waals surface area contributed by atoms with E-state index in [0.29, 0.717) is 0 Å². The molecule has 2 atom stereocenters. The van der Waals surface area contributed by atoms with E-state index in [0.717, 1.165) is 27.9 Å². The molecule has 0 saturated heterocycles. The van der Waals surface area contributed by atoms with Crippen LogP contribution < -0.4 is 5.32 Å². The van der Waals surface area contributed by atoms with E-state index < -0.39 is 0 Å². The lowest BCUT2D eigenvalue weighted by atomic mass is 10.2. The third kappa shape index (κ3) is 2.56. The first kappa shape index (κ1) is 10.1. The van der Waals surface area contributed by atoms with Crippen LogP contribution in [-0.4, -0.2) is 16.5 Å². The zero-order valence-electron chi connectivity index (χ0n) is 8.20. The van der Waals surface area contributed by atoms with Crippen molar-refractivity contribution in [2.45, 2.75) is 19.8 Å². The Kier molecular flexibility index (Phi) is 3.20. The molecule has 0 bridgehead atoms. The monoisotopic (exact) mass is 303 g/mol. The van der Waals surface area contributed by atoms with Crippen LogP contribution in [0.25, 0.3) is 0 Å². The van der Waals surface area contributed by atoms with Gasteiger partial charge in [0.2, 0.25) is 5.95 Å². The van der Waals surface area contributed by atoms with Gasteiger partial charge >= 0.3 is 0 Å². The molecule has 1 aromatic rings. The van der Waals surface area contributed by atoms with Crippen molar-refractivity contribution in [3.05, 3.63) is 16.0 Å². The topological polar surface area (TPSA) is 37.8 Å². The normalized spacial score (nSPS) is 24.7. The van der Waals surface area contributed by atoms with Crippen LogP contribution in [0.1, 0.15) is 19.8 Å². The van der Waals surface area contributed by atoms with Gasteiger partial charge in [-0.2, -0.15) is 0 Å². The summed E-state index contributed by atoms with van der Waals surface area (Å²) in [5.41, 5.74) is 0. The first-order valence-electron chi connectivity index (χ1n) is 5.01. The summed E-state index contributed by atoms with van der Waals surface area (Å²) in [7, 11) is 0. The highest BCUT2D eigenvalue weighted by Gasteiger charge is 2.34. The van der Waals surface area contributed by atoms with Crippen molar-refractivity contribution in [2.75, 3.05) is 11.9 Å². The summed E-state index contributed by atoms with van der Waals surface area (Å²) in [6.07, 6.45) is 6.34. The molecule has 1 saturated carbocycles. The predicted octanol–water partition coefficient (Wildman–Crippen LogP) is 2.54. The Bertz CT molecular complexity index is 299. The van der Waals surface area contributed by atoms with Crippen LogP contribution in [0.2, 0.25) is 0 Å². The first-order valence-corrected chi connectivity index (χ1v) is 6.09. The number of nitrogens with zero attached hydrogens (tertiary/aromatic N) is 2. The number of hydrogen-bond donors (Lipinski definition) is 1. The first-order chi connectivity index (χ1) is 6.79. The van der Waals surface area contributed by atoms with Gasteiger partial charge in [0.1, 0.15) is 0 Å². The van der Waals surface area contributed by atoms with Gasteiger partial charge in [-0.15, -0.1) is 0 Å². The summed E-state index contributed by atoms with van der Waals surface area (Å²) >= 11 is 2.21. The lowest BCUT2D eigenvalue weighted by Gasteiger charge is -2.02. The fourth-order valence-corrected chi connectivity index (χ4v) is 1.96. The molecule has 1 N–H and O–H groups in total. The van der Waals surface area contributed by atoms with E-state index in [1.807, 2.05) is 12.4 Å². The van der Waals surface area contributed by atoms with Gasteiger partial charge in [-0.1, -0.05) is 13.3 Å². The van der Waals surface area contributed by atoms with Crippen LogP contribution in [0.5, 0.6) is 0 Å². The van der Waals surface area contributed by atoms with Gasteiger partial charge in [0.05, 0.1) is 0 Å². The molecule has 0 amide bonds. The Morgan fingerprint density at radius 1 is 1.43 bits per heavy atom. The molecule has 0 aromatic carbocycles. The molecule has 1 heterocycles. The molecule has 1 fully saturated rings. The lowest BCUT2D eigenvalue weighted by Crippen LogP contribution is -2.07. The molecule has 0 spiro atoms. The van der Waals surface area contributed by atoms with E-state index in [1.165, 1.54) is 12.8 Å². The quantitative estimate of drug-likeness (QED) is 0.869. The summed E-state index contributed by atoms with van der Waals surface area (Å²) < 4.78 is 1.08. The molecule has 0 aliphatic heterocycles. The summed E-state index contributed by atoms with van der Waals surface area (Å²) in [5.74, 6) is 2.54. The minimum absolute atomic E-state index is 0.757. The maximum Gasteiger partial charge on any atom is 0.222 e. The van der Waals surface area contributed by atoms with Gasteiger partial charge in [-0.25, -0.2) is 9.97 Å². The van der Waals surface area contributed by atoms with Gasteiger partial charge in [-0.3, -0.25) is 0 Å². The minimum Gasteiger partial charge on any atom is -0.354 e. The van der Waals surface area contributed by atoms with Crippen molar-refractivity contribution in [2.24, 2.45) is 11.8 Å². The number of nitrogens with one attached hydrogen (secondary N) is 1. The number of hydrogen-bond acceptors (Lipinski definition) is 3.